The molecule has 1 aromatic carbocycles. The van der Waals surface area contributed by atoms with E-state index >= 15 is 0 Å². The fourth-order valence-electron chi connectivity index (χ4n) is 2.98. The molecule has 25 heavy (non-hydrogen) atoms. The Balaban J connectivity index is 1.45. The Morgan fingerprint density at radius 1 is 1.24 bits per heavy atom. The van der Waals surface area contributed by atoms with Crippen molar-refractivity contribution in [3.63, 3.8) is 0 Å². The molecule has 2 heterocycles. The van der Waals surface area contributed by atoms with Crippen LogP contribution in [0.4, 0.5) is 0 Å². The van der Waals surface area contributed by atoms with E-state index in [1.165, 1.54) is 6.39 Å². The topological polar surface area (TPSA) is 114 Å². The third kappa shape index (κ3) is 4.63. The van der Waals surface area contributed by atoms with Crippen molar-refractivity contribution in [2.45, 2.75) is 19.4 Å². The van der Waals surface area contributed by atoms with Gasteiger partial charge in [0.15, 0.2) is 0 Å². The lowest BCUT2D eigenvalue weighted by atomic mass is 9.96. The lowest BCUT2D eigenvalue weighted by Crippen LogP contribution is -2.43. The van der Waals surface area contributed by atoms with Gasteiger partial charge in [0, 0.05) is 18.0 Å². The maximum absolute atomic E-state index is 12.3. The van der Waals surface area contributed by atoms with Gasteiger partial charge in [-0.2, -0.15) is 4.98 Å². The minimum absolute atomic E-state index is 0.0114. The predicted octanol–water partition coefficient (Wildman–Crippen LogP) is 0.550. The Hall–Kier alpha value is -2.74. The van der Waals surface area contributed by atoms with Crippen LogP contribution in [0.25, 0.3) is 11.4 Å². The Morgan fingerprint density at radius 3 is 2.56 bits per heavy atom. The molecule has 2 amide bonds. The number of amides is 2. The largest absolute Gasteiger partial charge is 0.369 e. The highest BCUT2D eigenvalue weighted by Gasteiger charge is 2.25. The van der Waals surface area contributed by atoms with E-state index in [1.54, 1.807) is 0 Å². The number of carbonyl (C=O) groups excluding carboxylic acids is 2. The fraction of sp³-hybridized carbons (Fsp3) is 0.412. The Kier molecular flexibility index (Phi) is 5.39. The third-order valence-corrected chi connectivity index (χ3v) is 4.38. The molecule has 0 radical (unpaired) electrons. The van der Waals surface area contributed by atoms with Crippen molar-refractivity contribution in [1.29, 1.82) is 0 Å². The van der Waals surface area contributed by atoms with Gasteiger partial charge in [-0.3, -0.25) is 14.5 Å². The van der Waals surface area contributed by atoms with Crippen molar-refractivity contribution in [2.75, 3.05) is 19.6 Å². The monoisotopic (exact) mass is 343 g/mol. The van der Waals surface area contributed by atoms with Crippen LogP contribution < -0.4 is 11.1 Å². The number of nitrogens with two attached hydrogens (primary N) is 1. The van der Waals surface area contributed by atoms with Gasteiger partial charge in [0.25, 0.3) is 0 Å². The summed E-state index contributed by atoms with van der Waals surface area (Å²) < 4.78 is 4.73. The van der Waals surface area contributed by atoms with Crippen molar-refractivity contribution < 1.29 is 14.1 Å². The average molecular weight is 343 g/mol. The summed E-state index contributed by atoms with van der Waals surface area (Å²) in [7, 11) is 0. The van der Waals surface area contributed by atoms with Gasteiger partial charge < -0.3 is 15.6 Å². The maximum Gasteiger partial charge on any atom is 0.231 e. The van der Waals surface area contributed by atoms with Crippen LogP contribution in [0.1, 0.15) is 18.4 Å². The van der Waals surface area contributed by atoms with Gasteiger partial charge in [-0.1, -0.05) is 29.4 Å². The molecule has 0 unspecified atom stereocenters. The molecule has 0 spiro atoms. The molecule has 0 bridgehead atoms. The zero-order valence-electron chi connectivity index (χ0n) is 13.9. The molecule has 0 aliphatic carbocycles. The first kappa shape index (κ1) is 17.1. The number of carbonyl (C=O) groups is 2. The molecule has 8 nitrogen and oxygen atoms in total. The summed E-state index contributed by atoms with van der Waals surface area (Å²) in [5.41, 5.74) is 7.07. The first-order valence-corrected chi connectivity index (χ1v) is 8.26. The number of hydrogen-bond acceptors (Lipinski definition) is 6. The third-order valence-electron chi connectivity index (χ3n) is 4.38. The molecule has 1 fully saturated rings. The van der Waals surface area contributed by atoms with E-state index < -0.39 is 0 Å². The molecule has 3 N–H and O–H groups in total. The van der Waals surface area contributed by atoms with Crippen LogP contribution in [0.15, 0.2) is 35.2 Å². The first-order valence-electron chi connectivity index (χ1n) is 8.26. The summed E-state index contributed by atoms with van der Waals surface area (Å²) in [6.45, 7) is 2.19. The van der Waals surface area contributed by atoms with Crippen LogP contribution in [0.5, 0.6) is 0 Å². The van der Waals surface area contributed by atoms with E-state index in [4.69, 9.17) is 10.3 Å². The molecule has 3 rings (SSSR count). The van der Waals surface area contributed by atoms with Gasteiger partial charge in [-0.15, -0.1) is 0 Å². The van der Waals surface area contributed by atoms with Crippen LogP contribution in [0.2, 0.25) is 0 Å². The number of rotatable bonds is 6. The Labute approximate surface area is 145 Å². The summed E-state index contributed by atoms with van der Waals surface area (Å²) in [5.74, 6) is 0.258. The van der Waals surface area contributed by atoms with E-state index in [-0.39, 0.29) is 24.3 Å². The van der Waals surface area contributed by atoms with E-state index in [0.29, 0.717) is 12.4 Å². The molecule has 0 atom stereocenters. The minimum atomic E-state index is -0.327. The predicted molar refractivity (Wildman–Crippen MR) is 89.9 cm³/mol. The van der Waals surface area contributed by atoms with Crippen molar-refractivity contribution in [3.05, 3.63) is 36.2 Å². The van der Waals surface area contributed by atoms with Crippen LogP contribution in [-0.4, -0.2) is 46.5 Å². The smallest absolute Gasteiger partial charge is 0.231 e. The fourth-order valence-corrected chi connectivity index (χ4v) is 2.98. The second kappa shape index (κ2) is 7.89. The quantitative estimate of drug-likeness (QED) is 0.792. The SMILES string of the molecule is NC(=O)CN1CCC(C(=O)NCc2ccc(-c3ncon3)cc2)CC1. The number of nitrogens with zero attached hydrogens (tertiary/aromatic N) is 3. The molecule has 1 aromatic heterocycles. The van der Waals surface area contributed by atoms with Crippen molar-refractivity contribution in [2.24, 2.45) is 11.7 Å². The van der Waals surface area contributed by atoms with Crippen molar-refractivity contribution in [1.82, 2.24) is 20.4 Å². The summed E-state index contributed by atoms with van der Waals surface area (Å²) in [5, 5.41) is 6.77. The summed E-state index contributed by atoms with van der Waals surface area (Å²) in [6.07, 6.45) is 2.78. The van der Waals surface area contributed by atoms with Gasteiger partial charge in [0.1, 0.15) is 0 Å². The van der Waals surface area contributed by atoms with Gasteiger partial charge in [0.05, 0.1) is 6.54 Å². The molecular weight excluding hydrogens is 322 g/mol. The standard InChI is InChI=1S/C17H21N5O3/c18-15(23)10-22-7-5-14(6-8-22)17(24)19-9-12-1-3-13(4-2-12)16-20-11-25-21-16/h1-4,11,14H,5-10H2,(H2,18,23)(H,19,24). The molecular formula is C17H21N5O3. The van der Waals surface area contributed by atoms with Gasteiger partial charge >= 0.3 is 0 Å². The molecule has 1 aliphatic heterocycles. The van der Waals surface area contributed by atoms with Gasteiger partial charge in [0.2, 0.25) is 24.0 Å². The van der Waals surface area contributed by atoms with Crippen LogP contribution in [0.3, 0.4) is 0 Å². The zero-order chi connectivity index (χ0) is 17.6. The number of hydrogen-bond donors (Lipinski definition) is 2. The number of primary amides is 1. The normalized spacial score (nSPS) is 15.8. The number of benzene rings is 1. The van der Waals surface area contributed by atoms with E-state index in [2.05, 4.69) is 15.5 Å². The van der Waals surface area contributed by atoms with Crippen molar-refractivity contribution in [3.8, 4) is 11.4 Å². The number of aromatic nitrogens is 2. The van der Waals surface area contributed by atoms with Crippen LogP contribution >= 0.6 is 0 Å². The minimum Gasteiger partial charge on any atom is -0.369 e. The molecule has 1 saturated heterocycles. The lowest BCUT2D eigenvalue weighted by molar-refractivity contribution is -0.126. The molecule has 0 saturated carbocycles. The molecule has 132 valence electrons. The molecule has 1 aliphatic rings. The second-order valence-electron chi connectivity index (χ2n) is 6.19. The molecule has 2 aromatic rings. The highest BCUT2D eigenvalue weighted by molar-refractivity contribution is 5.79. The van der Waals surface area contributed by atoms with E-state index in [9.17, 15) is 9.59 Å². The highest BCUT2D eigenvalue weighted by Crippen LogP contribution is 2.18. The second-order valence-corrected chi connectivity index (χ2v) is 6.19. The maximum atomic E-state index is 12.3. The number of likely N-dealkylation sites (tertiary alicyclic amines) is 1. The first-order chi connectivity index (χ1) is 12.1. The Bertz CT molecular complexity index is 706. The van der Waals surface area contributed by atoms with Gasteiger partial charge in [-0.25, -0.2) is 0 Å². The zero-order valence-corrected chi connectivity index (χ0v) is 13.9. The number of nitrogens with one attached hydrogen (secondary N) is 1. The van der Waals surface area contributed by atoms with E-state index in [1.807, 2.05) is 29.2 Å². The number of piperidine rings is 1. The van der Waals surface area contributed by atoms with Crippen LogP contribution in [-0.2, 0) is 16.1 Å². The van der Waals surface area contributed by atoms with Crippen LogP contribution in [0, 0.1) is 5.92 Å². The average Bonchev–Trinajstić information content (AvgIpc) is 3.15. The van der Waals surface area contributed by atoms with Crippen molar-refractivity contribution >= 4 is 11.8 Å². The van der Waals surface area contributed by atoms with E-state index in [0.717, 1.165) is 37.1 Å². The lowest BCUT2D eigenvalue weighted by Gasteiger charge is -2.30. The Morgan fingerprint density at radius 2 is 1.96 bits per heavy atom. The molecule has 8 heteroatoms. The van der Waals surface area contributed by atoms with Gasteiger partial charge in [-0.05, 0) is 31.5 Å². The summed E-state index contributed by atoms with van der Waals surface area (Å²) in [4.78, 5) is 29.2. The highest BCUT2D eigenvalue weighted by atomic mass is 16.5. The summed E-state index contributed by atoms with van der Waals surface area (Å²) in [6, 6.07) is 7.66. The summed E-state index contributed by atoms with van der Waals surface area (Å²) >= 11 is 0.